The minimum absolute atomic E-state index is 0.176. The smallest absolute Gasteiger partial charge is 0.361 e. The number of likely N-dealkylation sites (N-methyl/N-ethyl adjacent to an activating group) is 1. The minimum atomic E-state index is -1.50. The highest BCUT2D eigenvalue weighted by atomic mass is 16.7. The Labute approximate surface area is 464 Å². The van der Waals surface area contributed by atoms with E-state index in [-0.39, 0.29) is 38.2 Å². The highest BCUT2D eigenvalue weighted by Gasteiger charge is 2.25. The van der Waals surface area contributed by atoms with Gasteiger partial charge >= 0.3 is 17.9 Å². The zero-order valence-corrected chi connectivity index (χ0v) is 50.2. The molecular weight excluding hydrogens is 935 g/mol. The van der Waals surface area contributed by atoms with Crippen molar-refractivity contribution in [3.8, 4) is 0 Å². The molecular formula is C66H124NO8+. The lowest BCUT2D eigenvalue weighted by Crippen LogP contribution is -2.40. The van der Waals surface area contributed by atoms with E-state index in [1.165, 1.54) is 231 Å². The molecule has 0 aliphatic carbocycles. The summed E-state index contributed by atoms with van der Waals surface area (Å²) in [6.45, 7) is 4.89. The van der Waals surface area contributed by atoms with Crippen molar-refractivity contribution in [2.24, 2.45) is 0 Å². The van der Waals surface area contributed by atoms with E-state index in [4.69, 9.17) is 18.9 Å². The van der Waals surface area contributed by atoms with Crippen molar-refractivity contribution < 1.29 is 42.9 Å². The zero-order chi connectivity index (χ0) is 54.8. The molecule has 0 aliphatic heterocycles. The number of esters is 2. The van der Waals surface area contributed by atoms with Gasteiger partial charge in [-0.05, 0) is 51.4 Å². The lowest BCUT2D eigenvalue weighted by atomic mass is 10.0. The largest absolute Gasteiger partial charge is 0.477 e. The minimum Gasteiger partial charge on any atom is -0.477 e. The number of nitrogens with zero attached hydrogens (tertiary/aromatic N) is 1. The summed E-state index contributed by atoms with van der Waals surface area (Å²) in [6.07, 6.45) is 68.4. The maximum Gasteiger partial charge on any atom is 0.361 e. The fourth-order valence-electron chi connectivity index (χ4n) is 9.44. The Bertz CT molecular complexity index is 1320. The van der Waals surface area contributed by atoms with Crippen LogP contribution in [-0.4, -0.2) is 87.4 Å². The highest BCUT2D eigenvalue weighted by Crippen LogP contribution is 2.18. The van der Waals surface area contributed by atoms with Gasteiger partial charge < -0.3 is 28.5 Å². The molecule has 2 atom stereocenters. The van der Waals surface area contributed by atoms with Crippen molar-refractivity contribution in [2.45, 2.75) is 322 Å². The van der Waals surface area contributed by atoms with Gasteiger partial charge in [-0.1, -0.05) is 281 Å². The number of hydrogen-bond acceptors (Lipinski definition) is 7. The van der Waals surface area contributed by atoms with Gasteiger partial charge in [0.25, 0.3) is 6.29 Å². The summed E-state index contributed by atoms with van der Waals surface area (Å²) >= 11 is 0. The van der Waals surface area contributed by atoms with Crippen LogP contribution in [0.5, 0.6) is 0 Å². The Morgan fingerprint density at radius 2 is 0.720 bits per heavy atom. The van der Waals surface area contributed by atoms with Crippen molar-refractivity contribution in [1.82, 2.24) is 0 Å². The Morgan fingerprint density at radius 3 is 1.07 bits per heavy atom. The topological polar surface area (TPSA) is 108 Å². The molecule has 0 radical (unpaired) electrons. The normalized spacial score (nSPS) is 12.9. The number of allylic oxidation sites excluding steroid dienone is 6. The number of carbonyl (C=O) groups is 3. The number of quaternary nitrogens is 1. The second-order valence-corrected chi connectivity index (χ2v) is 23.1. The maximum absolute atomic E-state index is 12.9. The van der Waals surface area contributed by atoms with E-state index in [0.29, 0.717) is 17.4 Å². The molecule has 9 heteroatoms. The van der Waals surface area contributed by atoms with Gasteiger partial charge in [-0.2, -0.15) is 0 Å². The van der Waals surface area contributed by atoms with Crippen LogP contribution in [0.3, 0.4) is 0 Å². The second-order valence-electron chi connectivity index (χ2n) is 23.1. The predicted molar refractivity (Wildman–Crippen MR) is 318 cm³/mol. The summed E-state index contributed by atoms with van der Waals surface area (Å²) < 4.78 is 22.9. The number of carboxylic acids is 1. The molecule has 0 bridgehead atoms. The van der Waals surface area contributed by atoms with Gasteiger partial charge in [0.1, 0.15) is 13.2 Å². The first-order valence-corrected chi connectivity index (χ1v) is 32.2. The number of aliphatic carboxylic acids is 1. The number of rotatable bonds is 60. The summed E-state index contributed by atoms with van der Waals surface area (Å²) in [6, 6.07) is 0. The van der Waals surface area contributed by atoms with Crippen molar-refractivity contribution >= 4 is 17.9 Å². The van der Waals surface area contributed by atoms with Crippen LogP contribution >= 0.6 is 0 Å². The number of ether oxygens (including phenoxy) is 4. The number of carbonyl (C=O) groups excluding carboxylic acids is 2. The third kappa shape index (κ3) is 59.0. The third-order valence-corrected chi connectivity index (χ3v) is 14.4. The fourth-order valence-corrected chi connectivity index (χ4v) is 9.44. The lowest BCUT2D eigenvalue weighted by Gasteiger charge is -2.25. The van der Waals surface area contributed by atoms with E-state index >= 15 is 0 Å². The number of hydrogen-bond donors (Lipinski definition) is 1. The van der Waals surface area contributed by atoms with Crippen LogP contribution in [0.15, 0.2) is 36.5 Å². The monoisotopic (exact) mass is 1060 g/mol. The average Bonchev–Trinajstić information content (AvgIpc) is 3.38. The van der Waals surface area contributed by atoms with E-state index in [1.54, 1.807) is 0 Å². The molecule has 2 unspecified atom stereocenters. The van der Waals surface area contributed by atoms with Crippen LogP contribution in [0.2, 0.25) is 0 Å². The summed E-state index contributed by atoms with van der Waals surface area (Å²) in [7, 11) is 5.98. The molecule has 0 spiro atoms. The standard InChI is InChI=1S/C66H123NO8/c1-6-8-10-12-14-16-18-19-20-21-22-23-24-25-26-27-28-29-30-31-32-33-34-35-36-37-38-39-40-41-42-43-44-45-47-49-51-53-55-57-64(69)75-62(61-74-66(65(70)71)72-59-58-67(3,4)5)60-73-63(68)56-54-52-50-48-46-17-15-13-11-9-7-2/h18-19,21-22,24-25,62,66H,6-17,20,23,26-61H2,1-5H3/p+1/b19-18-,22-21-,25-24-. The van der Waals surface area contributed by atoms with Crippen LogP contribution in [0.4, 0.5) is 0 Å². The van der Waals surface area contributed by atoms with Gasteiger partial charge in [0, 0.05) is 12.8 Å². The van der Waals surface area contributed by atoms with E-state index in [0.717, 1.165) is 51.4 Å². The molecule has 0 aromatic rings. The maximum atomic E-state index is 12.9. The van der Waals surface area contributed by atoms with Crippen LogP contribution in [0.1, 0.15) is 309 Å². The number of carboxylic acid groups (broad SMARTS) is 1. The lowest BCUT2D eigenvalue weighted by molar-refractivity contribution is -0.870. The van der Waals surface area contributed by atoms with Crippen LogP contribution < -0.4 is 0 Å². The molecule has 1 N–H and O–H groups in total. The summed E-state index contributed by atoms with van der Waals surface area (Å²) in [4.78, 5) is 37.3. The quantitative estimate of drug-likeness (QED) is 0.0211. The van der Waals surface area contributed by atoms with Crippen molar-refractivity contribution in [2.75, 3.05) is 47.5 Å². The third-order valence-electron chi connectivity index (χ3n) is 14.4. The van der Waals surface area contributed by atoms with E-state index in [9.17, 15) is 19.5 Å². The fraction of sp³-hybridized carbons (Fsp3) is 0.864. The van der Waals surface area contributed by atoms with Gasteiger partial charge in [-0.15, -0.1) is 0 Å². The van der Waals surface area contributed by atoms with E-state index in [1.807, 2.05) is 21.1 Å². The molecule has 0 heterocycles. The SMILES string of the molecule is CCCCCCC/C=C\C/C=C\C/C=C\CCCCCCCCCCCCCCCCCCCCCCCCCCC(=O)OC(COC(=O)CCCCCCCCCCCCC)COC(OCC[N+](C)(C)C)C(=O)O. The first-order valence-electron chi connectivity index (χ1n) is 32.2. The Hall–Kier alpha value is -2.49. The molecule has 0 saturated carbocycles. The molecule has 75 heavy (non-hydrogen) atoms. The molecule has 0 amide bonds. The average molecular weight is 1060 g/mol. The Morgan fingerprint density at radius 1 is 0.400 bits per heavy atom. The zero-order valence-electron chi connectivity index (χ0n) is 50.2. The Kier molecular flexibility index (Phi) is 55.8. The van der Waals surface area contributed by atoms with Crippen molar-refractivity contribution in [1.29, 1.82) is 0 Å². The van der Waals surface area contributed by atoms with Crippen molar-refractivity contribution in [3.63, 3.8) is 0 Å². The first-order chi connectivity index (χ1) is 36.6. The molecule has 0 fully saturated rings. The van der Waals surface area contributed by atoms with E-state index < -0.39 is 18.4 Å². The molecule has 0 saturated heterocycles. The van der Waals surface area contributed by atoms with Crippen LogP contribution in [0.25, 0.3) is 0 Å². The molecule has 0 aromatic carbocycles. The van der Waals surface area contributed by atoms with Gasteiger partial charge in [-0.25, -0.2) is 4.79 Å². The summed E-state index contributed by atoms with van der Waals surface area (Å²) in [5.74, 6) is -1.98. The summed E-state index contributed by atoms with van der Waals surface area (Å²) in [5.41, 5.74) is 0. The number of unbranched alkanes of at least 4 members (excludes halogenated alkanes) is 39. The van der Waals surface area contributed by atoms with Gasteiger partial charge in [-0.3, -0.25) is 9.59 Å². The molecule has 9 nitrogen and oxygen atoms in total. The van der Waals surface area contributed by atoms with Crippen molar-refractivity contribution in [3.05, 3.63) is 36.5 Å². The predicted octanol–water partition coefficient (Wildman–Crippen LogP) is 19.2. The van der Waals surface area contributed by atoms with Gasteiger partial charge in [0.2, 0.25) is 0 Å². The van der Waals surface area contributed by atoms with Gasteiger partial charge in [0.05, 0.1) is 34.4 Å². The van der Waals surface area contributed by atoms with Crippen LogP contribution in [0, 0.1) is 0 Å². The molecule has 0 aromatic heterocycles. The molecule has 0 aliphatic rings. The highest BCUT2D eigenvalue weighted by molar-refractivity contribution is 5.71. The molecule has 0 rings (SSSR count). The molecule has 440 valence electrons. The summed E-state index contributed by atoms with van der Waals surface area (Å²) in [5, 5.41) is 9.69. The second kappa shape index (κ2) is 57.7. The van der Waals surface area contributed by atoms with Crippen LogP contribution in [-0.2, 0) is 33.3 Å². The van der Waals surface area contributed by atoms with Gasteiger partial charge in [0.15, 0.2) is 6.10 Å². The van der Waals surface area contributed by atoms with E-state index in [2.05, 4.69) is 50.3 Å². The Balaban J connectivity index is 3.90. The first kappa shape index (κ1) is 72.5.